The summed E-state index contributed by atoms with van der Waals surface area (Å²) in [5, 5.41) is 12.3. The lowest BCUT2D eigenvalue weighted by molar-refractivity contribution is -0.119. The predicted octanol–water partition coefficient (Wildman–Crippen LogP) is 7.52. The van der Waals surface area contributed by atoms with Gasteiger partial charge in [0.2, 0.25) is 5.91 Å². The van der Waals surface area contributed by atoms with E-state index in [4.69, 9.17) is 25.5 Å². The van der Waals surface area contributed by atoms with Crippen molar-refractivity contribution < 1.29 is 32.6 Å². The van der Waals surface area contributed by atoms with Crippen molar-refractivity contribution in [3.63, 3.8) is 0 Å². The van der Waals surface area contributed by atoms with Crippen molar-refractivity contribution in [2.45, 2.75) is 76.4 Å². The molecule has 3 aromatic rings. The summed E-state index contributed by atoms with van der Waals surface area (Å²) < 4.78 is 48.7. The Morgan fingerprint density at radius 2 is 1.76 bits per heavy atom. The van der Waals surface area contributed by atoms with E-state index >= 15 is 4.39 Å². The normalized spacial score (nSPS) is 20.5. The third-order valence-corrected chi connectivity index (χ3v) is 14.3. The lowest BCUT2D eigenvalue weighted by atomic mass is 9.89. The van der Waals surface area contributed by atoms with Crippen LogP contribution in [0, 0.1) is 11.6 Å². The first-order valence-electron chi connectivity index (χ1n) is 15.6. The molecule has 0 radical (unpaired) electrons. The minimum atomic E-state index is -2.39. The molecule has 3 aromatic carbocycles. The van der Waals surface area contributed by atoms with Crippen molar-refractivity contribution in [3.8, 4) is 11.5 Å². The summed E-state index contributed by atoms with van der Waals surface area (Å²) in [7, 11) is -0.811. The third kappa shape index (κ3) is 7.05. The van der Waals surface area contributed by atoms with Gasteiger partial charge in [0, 0.05) is 30.1 Å². The highest BCUT2D eigenvalue weighted by atomic mass is 35.5. The molecule has 0 saturated carbocycles. The molecule has 0 aliphatic carbocycles. The van der Waals surface area contributed by atoms with E-state index in [2.05, 4.69) is 33.9 Å². The zero-order chi connectivity index (χ0) is 33.4. The minimum Gasteiger partial charge on any atom is -0.497 e. The number of amides is 1. The Balaban J connectivity index is 1.41. The van der Waals surface area contributed by atoms with Gasteiger partial charge in [-0.2, -0.15) is 0 Å². The molecule has 5 rings (SSSR count). The van der Waals surface area contributed by atoms with E-state index in [1.54, 1.807) is 37.4 Å². The molecule has 1 amide bonds. The molecule has 1 N–H and O–H groups in total. The first kappa shape index (κ1) is 34.2. The third-order valence-electron chi connectivity index (χ3n) is 9.62. The Morgan fingerprint density at radius 3 is 2.41 bits per heavy atom. The van der Waals surface area contributed by atoms with E-state index in [-0.39, 0.29) is 49.2 Å². The van der Waals surface area contributed by atoms with Crippen LogP contribution in [-0.2, 0) is 22.2 Å². The second kappa shape index (κ2) is 13.1. The quantitative estimate of drug-likeness (QED) is 0.237. The van der Waals surface area contributed by atoms with Crippen LogP contribution in [-0.4, -0.2) is 57.8 Å². The van der Waals surface area contributed by atoms with Crippen LogP contribution in [0.3, 0.4) is 0 Å². The number of halogens is 3. The summed E-state index contributed by atoms with van der Waals surface area (Å²) in [6, 6.07) is 14.7. The Morgan fingerprint density at radius 1 is 1.04 bits per heavy atom. The molecule has 2 aliphatic heterocycles. The van der Waals surface area contributed by atoms with E-state index in [9.17, 15) is 14.3 Å². The van der Waals surface area contributed by atoms with Gasteiger partial charge < -0.3 is 28.8 Å². The summed E-state index contributed by atoms with van der Waals surface area (Å²) in [6.45, 7) is 11.3. The molecule has 2 atom stereocenters. The minimum absolute atomic E-state index is 0.117. The number of fused-ring (bicyclic) bond motifs is 1. The van der Waals surface area contributed by atoms with Gasteiger partial charge in [-0.05, 0) is 79.0 Å². The van der Waals surface area contributed by atoms with Crippen LogP contribution in [0.5, 0.6) is 11.5 Å². The molecule has 2 heterocycles. The van der Waals surface area contributed by atoms with E-state index in [1.165, 1.54) is 17.0 Å². The van der Waals surface area contributed by atoms with Crippen molar-refractivity contribution in [1.82, 2.24) is 0 Å². The SMILES string of the molecule is COc1ccc(CN2C(=O)CCc3c(OC[C@]4(O)CCN(c5ccc(Cl)cc5F)C[C@H]4O[Si](C)(C)C(C)(C)C)ccc(F)c32)cc1. The molecule has 0 aromatic heterocycles. The molecule has 1 fully saturated rings. The fourth-order valence-electron chi connectivity index (χ4n) is 5.78. The smallest absolute Gasteiger partial charge is 0.227 e. The number of anilines is 2. The van der Waals surface area contributed by atoms with Crippen molar-refractivity contribution >= 4 is 37.2 Å². The average molecular weight is 673 g/mol. The standard InChI is InChI=1S/C35H43ClF2N2O5Si/c1-34(2,3)46(5,6)45-31-21-39(29-14-9-24(36)19-28(29)38)18-17-35(31,42)22-44-30-15-13-27(37)33-26(30)12-16-32(41)40(33)20-23-7-10-25(43-4)11-8-23/h7-11,13-15,19,31,42H,12,16-18,20-22H2,1-6H3/t31-,35-/m1/s1. The molecule has 2 aliphatic rings. The first-order valence-corrected chi connectivity index (χ1v) is 18.9. The van der Waals surface area contributed by atoms with Gasteiger partial charge in [-0.25, -0.2) is 8.78 Å². The van der Waals surface area contributed by atoms with Gasteiger partial charge in [0.25, 0.3) is 0 Å². The number of hydrogen-bond donors (Lipinski definition) is 1. The second-order valence-corrected chi connectivity index (χ2v) is 18.9. The van der Waals surface area contributed by atoms with Gasteiger partial charge in [0.1, 0.15) is 35.3 Å². The highest BCUT2D eigenvalue weighted by Gasteiger charge is 2.49. The first-order chi connectivity index (χ1) is 21.6. The second-order valence-electron chi connectivity index (χ2n) is 13.8. The number of carbonyl (C=O) groups excluding carboxylic acids is 1. The topological polar surface area (TPSA) is 71.5 Å². The molecular formula is C35H43ClF2N2O5Si. The maximum Gasteiger partial charge on any atom is 0.227 e. The fraction of sp³-hybridized carbons (Fsp3) is 0.457. The average Bonchev–Trinajstić information content (AvgIpc) is 2.99. The van der Waals surface area contributed by atoms with Crippen LogP contribution in [0.4, 0.5) is 20.2 Å². The molecule has 0 bridgehead atoms. The van der Waals surface area contributed by atoms with Gasteiger partial charge in [0.15, 0.2) is 8.32 Å². The largest absolute Gasteiger partial charge is 0.497 e. The number of nitrogens with zero attached hydrogens (tertiary/aromatic N) is 2. The van der Waals surface area contributed by atoms with E-state index in [0.717, 1.165) is 5.56 Å². The zero-order valence-electron chi connectivity index (χ0n) is 27.3. The molecule has 0 spiro atoms. The fourth-order valence-corrected chi connectivity index (χ4v) is 7.30. The number of benzene rings is 3. The molecule has 11 heteroatoms. The maximum atomic E-state index is 15.4. The Labute approximate surface area is 276 Å². The summed E-state index contributed by atoms with van der Waals surface area (Å²) in [5.74, 6) is -0.0298. The van der Waals surface area contributed by atoms with E-state index < -0.39 is 31.7 Å². The van der Waals surface area contributed by atoms with Crippen LogP contribution >= 0.6 is 11.6 Å². The van der Waals surface area contributed by atoms with Crippen LogP contribution < -0.4 is 19.3 Å². The van der Waals surface area contributed by atoms with E-state index in [0.29, 0.717) is 40.7 Å². The lowest BCUT2D eigenvalue weighted by Crippen LogP contribution is -2.63. The summed E-state index contributed by atoms with van der Waals surface area (Å²) in [5.41, 5.74) is 0.587. The summed E-state index contributed by atoms with van der Waals surface area (Å²) >= 11 is 6.01. The summed E-state index contributed by atoms with van der Waals surface area (Å²) in [4.78, 5) is 16.4. The maximum absolute atomic E-state index is 15.4. The van der Waals surface area contributed by atoms with Crippen molar-refractivity contribution in [1.29, 1.82) is 0 Å². The van der Waals surface area contributed by atoms with Crippen LogP contribution in [0.25, 0.3) is 0 Å². The van der Waals surface area contributed by atoms with Crippen LogP contribution in [0.15, 0.2) is 54.6 Å². The molecule has 7 nitrogen and oxygen atoms in total. The number of rotatable bonds is 9. The molecular weight excluding hydrogens is 630 g/mol. The molecule has 1 saturated heterocycles. The van der Waals surface area contributed by atoms with Crippen LogP contribution in [0.1, 0.15) is 44.7 Å². The van der Waals surface area contributed by atoms with Gasteiger partial charge in [0.05, 0.1) is 31.1 Å². The monoisotopic (exact) mass is 672 g/mol. The Bertz CT molecular complexity index is 1580. The van der Waals surface area contributed by atoms with Gasteiger partial charge in [-0.3, -0.25) is 4.79 Å². The summed E-state index contributed by atoms with van der Waals surface area (Å²) in [6.07, 6.45) is 0.0691. The number of carbonyl (C=O) groups is 1. The van der Waals surface area contributed by atoms with Crippen molar-refractivity contribution in [2.24, 2.45) is 0 Å². The number of ether oxygens (including phenoxy) is 2. The Hall–Kier alpha value is -3.18. The highest BCUT2D eigenvalue weighted by Crippen LogP contribution is 2.42. The molecule has 248 valence electrons. The lowest BCUT2D eigenvalue weighted by Gasteiger charge is -2.49. The Kier molecular flexibility index (Phi) is 9.76. The van der Waals surface area contributed by atoms with Gasteiger partial charge >= 0.3 is 0 Å². The van der Waals surface area contributed by atoms with Gasteiger partial charge in [-0.1, -0.05) is 44.5 Å². The van der Waals surface area contributed by atoms with E-state index in [1.807, 2.05) is 17.0 Å². The predicted molar refractivity (Wildman–Crippen MR) is 180 cm³/mol. The zero-order valence-corrected chi connectivity index (χ0v) is 29.1. The number of hydrogen-bond acceptors (Lipinski definition) is 6. The number of methoxy groups -OCH3 is 1. The number of aliphatic hydroxyl groups is 1. The van der Waals surface area contributed by atoms with Crippen molar-refractivity contribution in [3.05, 3.63) is 82.4 Å². The van der Waals surface area contributed by atoms with Crippen molar-refractivity contribution in [2.75, 3.05) is 36.6 Å². The van der Waals surface area contributed by atoms with Gasteiger partial charge in [-0.15, -0.1) is 0 Å². The number of piperidine rings is 1. The molecule has 0 unspecified atom stereocenters. The molecule has 46 heavy (non-hydrogen) atoms. The van der Waals surface area contributed by atoms with Crippen LogP contribution in [0.2, 0.25) is 23.2 Å². The highest BCUT2D eigenvalue weighted by molar-refractivity contribution is 6.74.